The van der Waals surface area contributed by atoms with Crippen LogP contribution in [0.4, 0.5) is 0 Å². The van der Waals surface area contributed by atoms with Crippen LogP contribution in [0.25, 0.3) is 0 Å². The molecule has 0 amide bonds. The lowest BCUT2D eigenvalue weighted by atomic mass is 10.1. The summed E-state index contributed by atoms with van der Waals surface area (Å²) in [6.07, 6.45) is 4.71. The van der Waals surface area contributed by atoms with Crippen molar-refractivity contribution < 1.29 is 5.11 Å². The standard InChI is InChI=1S/C9H12O.C5H11N/c1-2-9(10)8-6-4-3-5-7-8;1-2-4-6-5-3-1/h3-7,9-10H,2H2,1H3;6H,1-5H2. The third kappa shape index (κ3) is 5.29. The molecule has 1 heterocycles. The van der Waals surface area contributed by atoms with Gasteiger partial charge in [-0.05, 0) is 37.9 Å². The lowest BCUT2D eigenvalue weighted by molar-refractivity contribution is 0.173. The van der Waals surface area contributed by atoms with E-state index < -0.39 is 0 Å². The Bertz CT molecular complexity index is 245. The van der Waals surface area contributed by atoms with E-state index in [9.17, 15) is 5.11 Å². The summed E-state index contributed by atoms with van der Waals surface area (Å²) in [6, 6.07) is 9.70. The number of nitrogens with one attached hydrogen (secondary N) is 1. The quantitative estimate of drug-likeness (QED) is 0.805. The van der Waals surface area contributed by atoms with Crippen molar-refractivity contribution >= 4 is 0 Å². The molecule has 0 spiro atoms. The monoisotopic (exact) mass is 221 g/mol. The molecule has 1 fully saturated rings. The van der Waals surface area contributed by atoms with Gasteiger partial charge in [0, 0.05) is 0 Å². The van der Waals surface area contributed by atoms with Crippen LogP contribution in [0.1, 0.15) is 44.3 Å². The number of hydrogen-bond donors (Lipinski definition) is 2. The summed E-state index contributed by atoms with van der Waals surface area (Å²) in [5.41, 5.74) is 1.00. The second-order valence-corrected chi connectivity index (χ2v) is 4.15. The number of rotatable bonds is 2. The molecule has 1 aromatic rings. The molecule has 1 aromatic carbocycles. The molecule has 0 bridgehead atoms. The molecule has 0 aliphatic carbocycles. The van der Waals surface area contributed by atoms with Gasteiger partial charge in [0.25, 0.3) is 0 Å². The van der Waals surface area contributed by atoms with Crippen molar-refractivity contribution in [1.29, 1.82) is 0 Å². The van der Waals surface area contributed by atoms with Crippen molar-refractivity contribution in [3.8, 4) is 0 Å². The van der Waals surface area contributed by atoms with Crippen LogP contribution in [0.5, 0.6) is 0 Å². The van der Waals surface area contributed by atoms with Gasteiger partial charge in [-0.2, -0.15) is 0 Å². The molecule has 1 atom stereocenters. The molecule has 2 rings (SSSR count). The van der Waals surface area contributed by atoms with Crippen LogP contribution in [0.15, 0.2) is 30.3 Å². The lowest BCUT2D eigenvalue weighted by Gasteiger charge is -2.08. The molecule has 90 valence electrons. The maximum atomic E-state index is 9.33. The predicted molar refractivity (Wildman–Crippen MR) is 68.4 cm³/mol. The van der Waals surface area contributed by atoms with Crippen LogP contribution in [0, 0.1) is 0 Å². The number of aliphatic hydroxyl groups excluding tert-OH is 1. The third-order valence-corrected chi connectivity index (χ3v) is 2.78. The highest BCUT2D eigenvalue weighted by Gasteiger charge is 2.00. The van der Waals surface area contributed by atoms with Gasteiger partial charge in [0.2, 0.25) is 0 Å². The van der Waals surface area contributed by atoms with Crippen molar-refractivity contribution in [2.45, 2.75) is 38.7 Å². The summed E-state index contributed by atoms with van der Waals surface area (Å²) >= 11 is 0. The first-order chi connectivity index (χ1) is 7.84. The minimum absolute atomic E-state index is 0.291. The molecule has 0 radical (unpaired) electrons. The Kier molecular flexibility index (Phi) is 6.86. The van der Waals surface area contributed by atoms with Gasteiger partial charge in [0.05, 0.1) is 6.10 Å². The predicted octanol–water partition coefficient (Wildman–Crippen LogP) is 2.89. The fraction of sp³-hybridized carbons (Fsp3) is 0.571. The topological polar surface area (TPSA) is 32.3 Å². The Hall–Kier alpha value is -0.860. The Morgan fingerprint density at radius 3 is 2.12 bits per heavy atom. The molecule has 2 nitrogen and oxygen atoms in total. The normalized spacial score (nSPS) is 17.1. The van der Waals surface area contributed by atoms with Gasteiger partial charge in [0.1, 0.15) is 0 Å². The molecule has 1 aliphatic heterocycles. The molecular weight excluding hydrogens is 198 g/mol. The summed E-state index contributed by atoms with van der Waals surface area (Å²) in [4.78, 5) is 0. The first kappa shape index (κ1) is 13.2. The fourth-order valence-electron chi connectivity index (χ4n) is 1.71. The number of aliphatic hydroxyl groups is 1. The average Bonchev–Trinajstić information content (AvgIpc) is 2.41. The maximum Gasteiger partial charge on any atom is 0.0787 e. The minimum atomic E-state index is -0.291. The molecular formula is C14H23NO. The van der Waals surface area contributed by atoms with Crippen LogP contribution in [-0.2, 0) is 0 Å². The first-order valence-corrected chi connectivity index (χ1v) is 6.28. The highest BCUT2D eigenvalue weighted by atomic mass is 16.3. The van der Waals surface area contributed by atoms with E-state index in [-0.39, 0.29) is 6.10 Å². The van der Waals surface area contributed by atoms with Crippen molar-refractivity contribution in [1.82, 2.24) is 5.32 Å². The highest BCUT2D eigenvalue weighted by molar-refractivity contribution is 5.16. The maximum absolute atomic E-state index is 9.33. The van der Waals surface area contributed by atoms with Gasteiger partial charge in [-0.3, -0.25) is 0 Å². The van der Waals surface area contributed by atoms with Crippen LogP contribution < -0.4 is 5.32 Å². The van der Waals surface area contributed by atoms with E-state index in [1.165, 1.54) is 32.4 Å². The van der Waals surface area contributed by atoms with Gasteiger partial charge in [-0.1, -0.05) is 43.7 Å². The third-order valence-electron chi connectivity index (χ3n) is 2.78. The highest BCUT2D eigenvalue weighted by Crippen LogP contribution is 2.14. The fourth-order valence-corrected chi connectivity index (χ4v) is 1.71. The van der Waals surface area contributed by atoms with Crippen LogP contribution >= 0.6 is 0 Å². The first-order valence-electron chi connectivity index (χ1n) is 6.28. The molecule has 0 aromatic heterocycles. The molecule has 1 aliphatic rings. The number of piperidine rings is 1. The van der Waals surface area contributed by atoms with E-state index in [4.69, 9.17) is 0 Å². The van der Waals surface area contributed by atoms with Crippen LogP contribution in [0.2, 0.25) is 0 Å². The SMILES string of the molecule is C1CCNCC1.CCC(O)c1ccccc1. The van der Waals surface area contributed by atoms with Crippen molar-refractivity contribution in [2.24, 2.45) is 0 Å². The zero-order valence-electron chi connectivity index (χ0n) is 10.2. The summed E-state index contributed by atoms with van der Waals surface area (Å²) in [7, 11) is 0. The Morgan fingerprint density at radius 2 is 1.75 bits per heavy atom. The summed E-state index contributed by atoms with van der Waals surface area (Å²) in [5, 5.41) is 12.6. The van der Waals surface area contributed by atoms with Gasteiger partial charge < -0.3 is 10.4 Å². The largest absolute Gasteiger partial charge is 0.388 e. The van der Waals surface area contributed by atoms with E-state index in [0.717, 1.165) is 12.0 Å². The van der Waals surface area contributed by atoms with Crippen molar-refractivity contribution in [3.05, 3.63) is 35.9 Å². The molecule has 2 N–H and O–H groups in total. The second kappa shape index (κ2) is 8.31. The van der Waals surface area contributed by atoms with Crippen LogP contribution in [-0.4, -0.2) is 18.2 Å². The van der Waals surface area contributed by atoms with Crippen LogP contribution in [0.3, 0.4) is 0 Å². The Morgan fingerprint density at radius 1 is 1.12 bits per heavy atom. The van der Waals surface area contributed by atoms with E-state index in [1.807, 2.05) is 37.3 Å². The molecule has 0 saturated carbocycles. The molecule has 16 heavy (non-hydrogen) atoms. The van der Waals surface area contributed by atoms with Gasteiger partial charge in [-0.15, -0.1) is 0 Å². The molecule has 2 heteroatoms. The zero-order valence-corrected chi connectivity index (χ0v) is 10.2. The molecule has 1 unspecified atom stereocenters. The number of hydrogen-bond acceptors (Lipinski definition) is 2. The van der Waals surface area contributed by atoms with Gasteiger partial charge >= 0.3 is 0 Å². The molecule has 1 saturated heterocycles. The Balaban J connectivity index is 0.000000181. The van der Waals surface area contributed by atoms with Gasteiger partial charge in [0.15, 0.2) is 0 Å². The summed E-state index contributed by atoms with van der Waals surface area (Å²) in [5.74, 6) is 0. The number of benzene rings is 1. The van der Waals surface area contributed by atoms with Crippen molar-refractivity contribution in [3.63, 3.8) is 0 Å². The smallest absolute Gasteiger partial charge is 0.0787 e. The lowest BCUT2D eigenvalue weighted by Crippen LogP contribution is -2.21. The van der Waals surface area contributed by atoms with E-state index in [0.29, 0.717) is 0 Å². The van der Waals surface area contributed by atoms with Crippen molar-refractivity contribution in [2.75, 3.05) is 13.1 Å². The Labute approximate surface area is 98.7 Å². The van der Waals surface area contributed by atoms with E-state index in [2.05, 4.69) is 5.32 Å². The summed E-state index contributed by atoms with van der Waals surface area (Å²) in [6.45, 7) is 4.47. The minimum Gasteiger partial charge on any atom is -0.388 e. The van der Waals surface area contributed by atoms with E-state index >= 15 is 0 Å². The average molecular weight is 221 g/mol. The second-order valence-electron chi connectivity index (χ2n) is 4.15. The van der Waals surface area contributed by atoms with E-state index in [1.54, 1.807) is 0 Å². The van der Waals surface area contributed by atoms with Gasteiger partial charge in [-0.25, -0.2) is 0 Å². The zero-order chi connectivity index (χ0) is 11.6. The summed E-state index contributed by atoms with van der Waals surface area (Å²) < 4.78 is 0.